The summed E-state index contributed by atoms with van der Waals surface area (Å²) in [6.45, 7) is 1.50. The topological polar surface area (TPSA) is 76.1 Å². The molecule has 0 saturated carbocycles. The van der Waals surface area contributed by atoms with Gasteiger partial charge < -0.3 is 10.5 Å². The van der Waals surface area contributed by atoms with Gasteiger partial charge >= 0.3 is 0 Å². The number of rotatable bonds is 3. The Hall–Kier alpha value is -1.73. The van der Waals surface area contributed by atoms with Crippen LogP contribution in [-0.4, -0.2) is 12.0 Å². The summed E-state index contributed by atoms with van der Waals surface area (Å²) in [5.74, 6) is -0.338. The van der Waals surface area contributed by atoms with Crippen LogP contribution in [0.4, 0.5) is 0 Å². The van der Waals surface area contributed by atoms with Gasteiger partial charge in [-0.15, -0.1) is 0 Å². The van der Waals surface area contributed by atoms with Crippen LogP contribution in [0.15, 0.2) is 18.2 Å². The Labute approximate surface area is 92.2 Å². The van der Waals surface area contributed by atoms with Crippen LogP contribution in [0.1, 0.15) is 12.5 Å². The molecule has 0 saturated heterocycles. The normalized spacial score (nSPS) is 11.5. The number of benzene rings is 1. The Morgan fingerprint density at radius 3 is 2.87 bits per heavy atom. The molecule has 1 amide bonds. The lowest BCUT2D eigenvalue weighted by Crippen LogP contribution is -2.30. The van der Waals surface area contributed by atoms with Crippen LogP contribution < -0.4 is 10.5 Å². The minimum Gasteiger partial charge on any atom is -0.479 e. The summed E-state index contributed by atoms with van der Waals surface area (Å²) in [5.41, 5.74) is 5.23. The first-order valence-electron chi connectivity index (χ1n) is 4.21. The van der Waals surface area contributed by atoms with Crippen LogP contribution in [-0.2, 0) is 4.79 Å². The highest BCUT2D eigenvalue weighted by atomic mass is 35.5. The van der Waals surface area contributed by atoms with Crippen molar-refractivity contribution in [1.29, 1.82) is 5.26 Å². The highest BCUT2D eigenvalue weighted by molar-refractivity contribution is 6.31. The lowest BCUT2D eigenvalue weighted by molar-refractivity contribution is -0.123. The average molecular weight is 225 g/mol. The maximum Gasteiger partial charge on any atom is 0.258 e. The van der Waals surface area contributed by atoms with Crippen molar-refractivity contribution in [2.45, 2.75) is 13.0 Å². The summed E-state index contributed by atoms with van der Waals surface area (Å²) in [4.78, 5) is 10.8. The van der Waals surface area contributed by atoms with E-state index < -0.39 is 12.0 Å². The number of ether oxygens (including phenoxy) is 1. The van der Waals surface area contributed by atoms with E-state index in [1.807, 2.05) is 6.07 Å². The van der Waals surface area contributed by atoms with Gasteiger partial charge in [-0.2, -0.15) is 5.26 Å². The minimum absolute atomic E-state index is 0.201. The first-order chi connectivity index (χ1) is 7.06. The van der Waals surface area contributed by atoms with Crippen LogP contribution in [0, 0.1) is 11.3 Å². The highest BCUT2D eigenvalue weighted by Crippen LogP contribution is 2.25. The van der Waals surface area contributed by atoms with Gasteiger partial charge in [0.2, 0.25) is 0 Å². The molecular weight excluding hydrogens is 216 g/mol. The van der Waals surface area contributed by atoms with E-state index in [0.717, 1.165) is 0 Å². The quantitative estimate of drug-likeness (QED) is 0.845. The summed E-state index contributed by atoms with van der Waals surface area (Å²) in [6.07, 6.45) is -0.796. The van der Waals surface area contributed by atoms with Crippen LogP contribution >= 0.6 is 11.6 Å². The van der Waals surface area contributed by atoms with Gasteiger partial charge in [-0.25, -0.2) is 0 Å². The van der Waals surface area contributed by atoms with Crippen molar-refractivity contribution in [3.63, 3.8) is 0 Å². The zero-order valence-corrected chi connectivity index (χ0v) is 8.78. The lowest BCUT2D eigenvalue weighted by Gasteiger charge is -2.12. The predicted molar refractivity (Wildman–Crippen MR) is 55.5 cm³/mol. The second-order valence-electron chi connectivity index (χ2n) is 2.89. The number of halogens is 1. The van der Waals surface area contributed by atoms with Crippen LogP contribution in [0.5, 0.6) is 5.75 Å². The van der Waals surface area contributed by atoms with E-state index in [2.05, 4.69) is 0 Å². The SMILES string of the molecule is CC(Oc1cccc(Cl)c1C#N)C(N)=O. The van der Waals surface area contributed by atoms with E-state index in [4.69, 9.17) is 27.3 Å². The number of carbonyl (C=O) groups excluding carboxylic acids is 1. The molecule has 0 fully saturated rings. The van der Waals surface area contributed by atoms with Gasteiger partial charge in [-0.05, 0) is 19.1 Å². The fourth-order valence-electron chi connectivity index (χ4n) is 0.960. The molecule has 1 atom stereocenters. The van der Waals surface area contributed by atoms with Crippen LogP contribution in [0.3, 0.4) is 0 Å². The molecule has 78 valence electrons. The molecule has 0 spiro atoms. The fourth-order valence-corrected chi connectivity index (χ4v) is 1.17. The average Bonchev–Trinajstić information content (AvgIpc) is 2.18. The molecule has 2 N–H and O–H groups in total. The zero-order valence-electron chi connectivity index (χ0n) is 8.03. The largest absolute Gasteiger partial charge is 0.479 e. The number of amides is 1. The molecule has 5 heteroatoms. The predicted octanol–water partition coefficient (Wildman–Crippen LogP) is 1.46. The maximum absolute atomic E-state index is 10.8. The third-order valence-corrected chi connectivity index (χ3v) is 2.11. The highest BCUT2D eigenvalue weighted by Gasteiger charge is 2.14. The van der Waals surface area contributed by atoms with Gasteiger partial charge in [0, 0.05) is 0 Å². The second kappa shape index (κ2) is 4.67. The number of primary amides is 1. The third kappa shape index (κ3) is 2.61. The first-order valence-corrected chi connectivity index (χ1v) is 4.58. The van der Waals surface area contributed by atoms with Gasteiger partial charge in [-0.1, -0.05) is 17.7 Å². The maximum atomic E-state index is 10.8. The van der Waals surface area contributed by atoms with Crippen molar-refractivity contribution < 1.29 is 9.53 Å². The molecule has 0 bridgehead atoms. The van der Waals surface area contributed by atoms with E-state index in [9.17, 15) is 4.79 Å². The molecule has 4 nitrogen and oxygen atoms in total. The Morgan fingerprint density at radius 2 is 2.33 bits per heavy atom. The number of hydrogen-bond acceptors (Lipinski definition) is 3. The summed E-state index contributed by atoms with van der Waals surface area (Å²) >= 11 is 5.77. The monoisotopic (exact) mass is 224 g/mol. The van der Waals surface area contributed by atoms with Gasteiger partial charge in [0.25, 0.3) is 5.91 Å². The molecule has 15 heavy (non-hydrogen) atoms. The Bertz CT molecular complexity index is 426. The van der Waals surface area contributed by atoms with Crippen molar-refractivity contribution in [3.05, 3.63) is 28.8 Å². The Balaban J connectivity index is 3.01. The molecular formula is C10H9ClN2O2. The second-order valence-corrected chi connectivity index (χ2v) is 3.29. The van der Waals surface area contributed by atoms with Crippen molar-refractivity contribution in [2.75, 3.05) is 0 Å². The summed E-state index contributed by atoms with van der Waals surface area (Å²) in [6, 6.07) is 6.66. The number of nitrogens with two attached hydrogens (primary N) is 1. The van der Waals surface area contributed by atoms with Gasteiger partial charge in [0.1, 0.15) is 17.4 Å². The van der Waals surface area contributed by atoms with E-state index >= 15 is 0 Å². The summed E-state index contributed by atoms with van der Waals surface area (Å²) < 4.78 is 5.20. The number of carbonyl (C=O) groups is 1. The fraction of sp³-hybridized carbons (Fsp3) is 0.200. The number of nitriles is 1. The van der Waals surface area contributed by atoms with Crippen molar-refractivity contribution in [2.24, 2.45) is 5.73 Å². The standard InChI is InChI=1S/C10H9ClN2O2/c1-6(10(13)14)15-9-4-2-3-8(11)7(9)5-12/h2-4,6H,1H3,(H2,13,14). The number of nitrogens with zero attached hydrogens (tertiary/aromatic N) is 1. The lowest BCUT2D eigenvalue weighted by atomic mass is 10.2. The first kappa shape index (κ1) is 11.3. The van der Waals surface area contributed by atoms with E-state index in [1.165, 1.54) is 6.92 Å². The Kier molecular flexibility index (Phi) is 3.53. The van der Waals surface area contributed by atoms with Crippen LogP contribution in [0.25, 0.3) is 0 Å². The van der Waals surface area contributed by atoms with Crippen LogP contribution in [0.2, 0.25) is 5.02 Å². The summed E-state index contributed by atoms with van der Waals surface area (Å²) in [5, 5.41) is 9.10. The number of hydrogen-bond donors (Lipinski definition) is 1. The summed E-state index contributed by atoms with van der Waals surface area (Å²) in [7, 11) is 0. The van der Waals surface area contributed by atoms with Gasteiger partial charge in [-0.3, -0.25) is 4.79 Å². The van der Waals surface area contributed by atoms with Crippen molar-refractivity contribution >= 4 is 17.5 Å². The van der Waals surface area contributed by atoms with E-state index in [0.29, 0.717) is 0 Å². The van der Waals surface area contributed by atoms with Crippen molar-refractivity contribution in [3.8, 4) is 11.8 Å². The van der Waals surface area contributed by atoms with E-state index in [-0.39, 0.29) is 16.3 Å². The Morgan fingerprint density at radius 1 is 1.67 bits per heavy atom. The molecule has 1 aromatic carbocycles. The molecule has 0 aliphatic carbocycles. The smallest absolute Gasteiger partial charge is 0.258 e. The molecule has 0 aliphatic rings. The molecule has 0 heterocycles. The zero-order chi connectivity index (χ0) is 11.4. The third-order valence-electron chi connectivity index (χ3n) is 1.79. The van der Waals surface area contributed by atoms with Crippen molar-refractivity contribution in [1.82, 2.24) is 0 Å². The molecule has 1 unspecified atom stereocenters. The molecule has 1 aromatic rings. The van der Waals surface area contributed by atoms with Gasteiger partial charge in [0.15, 0.2) is 6.10 Å². The van der Waals surface area contributed by atoms with Gasteiger partial charge in [0.05, 0.1) is 5.02 Å². The minimum atomic E-state index is -0.796. The van der Waals surface area contributed by atoms with E-state index in [1.54, 1.807) is 18.2 Å². The molecule has 0 radical (unpaired) electrons. The molecule has 1 rings (SSSR count). The molecule has 0 aromatic heterocycles. The molecule has 0 aliphatic heterocycles.